The topological polar surface area (TPSA) is 29.1 Å². The van der Waals surface area contributed by atoms with Gasteiger partial charge in [0.2, 0.25) is 5.91 Å². The maximum atomic E-state index is 12.0. The van der Waals surface area contributed by atoms with E-state index in [0.29, 0.717) is 0 Å². The highest BCUT2D eigenvalue weighted by molar-refractivity contribution is 7.13. The number of para-hydroxylation sites is 1. The van der Waals surface area contributed by atoms with Crippen molar-refractivity contribution in [2.75, 3.05) is 5.32 Å². The van der Waals surface area contributed by atoms with Crippen LogP contribution >= 0.6 is 22.7 Å². The van der Waals surface area contributed by atoms with Crippen LogP contribution in [0.2, 0.25) is 0 Å². The van der Waals surface area contributed by atoms with Crippen LogP contribution in [0.25, 0.3) is 16.5 Å². The summed E-state index contributed by atoms with van der Waals surface area (Å²) in [7, 11) is 0. The molecule has 0 spiro atoms. The molecule has 0 fully saturated rings. The molecule has 0 aliphatic rings. The summed E-state index contributed by atoms with van der Waals surface area (Å²) in [6, 6.07) is 13.9. The van der Waals surface area contributed by atoms with Crippen LogP contribution < -0.4 is 5.32 Å². The van der Waals surface area contributed by atoms with Crippen molar-refractivity contribution >= 4 is 40.3 Å². The highest BCUT2D eigenvalue weighted by Gasteiger charge is 2.07. The molecule has 3 aromatic rings. The Balaban J connectivity index is 1.77. The van der Waals surface area contributed by atoms with Crippen molar-refractivity contribution in [1.29, 1.82) is 0 Å². The van der Waals surface area contributed by atoms with Gasteiger partial charge in [0.25, 0.3) is 0 Å². The summed E-state index contributed by atoms with van der Waals surface area (Å²) in [5, 5.41) is 8.97. The van der Waals surface area contributed by atoms with Crippen molar-refractivity contribution in [2.24, 2.45) is 0 Å². The van der Waals surface area contributed by atoms with Gasteiger partial charge < -0.3 is 5.32 Å². The number of amides is 1. The van der Waals surface area contributed by atoms with Crippen LogP contribution in [0.15, 0.2) is 64.7 Å². The molecule has 0 bridgehead atoms. The van der Waals surface area contributed by atoms with E-state index in [0.717, 1.165) is 21.7 Å². The Labute approximate surface area is 131 Å². The molecule has 0 atom stereocenters. The predicted molar refractivity (Wildman–Crippen MR) is 91.7 cm³/mol. The first-order valence-electron chi connectivity index (χ1n) is 6.47. The predicted octanol–water partition coefficient (Wildman–Crippen LogP) is 5.13. The number of anilines is 1. The quantitative estimate of drug-likeness (QED) is 0.665. The second-order valence-electron chi connectivity index (χ2n) is 4.40. The van der Waals surface area contributed by atoms with E-state index in [9.17, 15) is 4.79 Å². The molecule has 0 saturated carbocycles. The zero-order chi connectivity index (χ0) is 14.5. The SMILES string of the molecule is O=C(/C=C/c1ccsc1)Nc1ccccc1-c1cccs1. The van der Waals surface area contributed by atoms with Gasteiger partial charge in [0.05, 0.1) is 0 Å². The number of nitrogens with one attached hydrogen (secondary N) is 1. The molecule has 104 valence electrons. The molecule has 0 radical (unpaired) electrons. The minimum absolute atomic E-state index is 0.120. The molecular weight excluding hydrogens is 298 g/mol. The Hall–Kier alpha value is -2.17. The van der Waals surface area contributed by atoms with E-state index in [-0.39, 0.29) is 5.91 Å². The summed E-state index contributed by atoms with van der Waals surface area (Å²) >= 11 is 3.28. The first-order chi connectivity index (χ1) is 10.3. The third-order valence-corrected chi connectivity index (χ3v) is 4.55. The molecule has 2 heterocycles. The lowest BCUT2D eigenvalue weighted by atomic mass is 10.1. The highest BCUT2D eigenvalue weighted by atomic mass is 32.1. The molecule has 2 nitrogen and oxygen atoms in total. The monoisotopic (exact) mass is 311 g/mol. The molecule has 1 aromatic carbocycles. The smallest absolute Gasteiger partial charge is 0.248 e. The molecule has 0 aliphatic carbocycles. The van der Waals surface area contributed by atoms with Crippen LogP contribution in [0, 0.1) is 0 Å². The van der Waals surface area contributed by atoms with E-state index < -0.39 is 0 Å². The molecule has 0 aliphatic heterocycles. The van der Waals surface area contributed by atoms with E-state index in [4.69, 9.17) is 0 Å². The van der Waals surface area contributed by atoms with Crippen LogP contribution in [-0.2, 0) is 4.79 Å². The summed E-state index contributed by atoms with van der Waals surface area (Å²) < 4.78 is 0. The molecule has 0 saturated heterocycles. The first kappa shape index (κ1) is 13.8. The number of rotatable bonds is 4. The average molecular weight is 311 g/mol. The standard InChI is InChI=1S/C17H13NOS2/c19-17(8-7-13-9-11-20-12-13)18-15-5-2-1-4-14(15)16-6-3-10-21-16/h1-12H,(H,18,19)/b8-7+. The van der Waals surface area contributed by atoms with E-state index in [1.54, 1.807) is 28.7 Å². The highest BCUT2D eigenvalue weighted by Crippen LogP contribution is 2.31. The van der Waals surface area contributed by atoms with Crippen LogP contribution in [0.5, 0.6) is 0 Å². The number of benzene rings is 1. The first-order valence-corrected chi connectivity index (χ1v) is 8.29. The van der Waals surface area contributed by atoms with Gasteiger partial charge in [-0.05, 0) is 46.0 Å². The number of hydrogen-bond acceptors (Lipinski definition) is 3. The van der Waals surface area contributed by atoms with Crippen molar-refractivity contribution in [3.8, 4) is 10.4 Å². The van der Waals surface area contributed by atoms with Gasteiger partial charge in [0.1, 0.15) is 0 Å². The average Bonchev–Trinajstić information content (AvgIpc) is 3.19. The second kappa shape index (κ2) is 6.52. The van der Waals surface area contributed by atoms with Gasteiger partial charge in [-0.15, -0.1) is 11.3 Å². The largest absolute Gasteiger partial charge is 0.322 e. The Morgan fingerprint density at radius 2 is 1.95 bits per heavy atom. The van der Waals surface area contributed by atoms with Gasteiger partial charge in [0.15, 0.2) is 0 Å². The lowest BCUT2D eigenvalue weighted by Gasteiger charge is -2.08. The molecular formula is C17H13NOS2. The zero-order valence-electron chi connectivity index (χ0n) is 11.2. The molecule has 2 aromatic heterocycles. The van der Waals surface area contributed by atoms with E-state index >= 15 is 0 Å². The summed E-state index contributed by atoms with van der Waals surface area (Å²) in [6.45, 7) is 0. The van der Waals surface area contributed by atoms with Gasteiger partial charge in [-0.25, -0.2) is 0 Å². The van der Waals surface area contributed by atoms with Gasteiger partial charge in [-0.1, -0.05) is 24.3 Å². The Bertz CT molecular complexity index is 743. The summed E-state index contributed by atoms with van der Waals surface area (Å²) in [4.78, 5) is 13.2. The van der Waals surface area contributed by atoms with Crippen molar-refractivity contribution in [3.05, 3.63) is 70.2 Å². The molecule has 1 amide bonds. The summed E-state index contributed by atoms with van der Waals surface area (Å²) in [5.74, 6) is -0.120. The van der Waals surface area contributed by atoms with E-state index in [1.807, 2.05) is 58.6 Å². The minimum atomic E-state index is -0.120. The Kier molecular flexibility index (Phi) is 4.28. The minimum Gasteiger partial charge on any atom is -0.322 e. The van der Waals surface area contributed by atoms with Crippen LogP contribution in [0.1, 0.15) is 5.56 Å². The number of hydrogen-bond donors (Lipinski definition) is 1. The zero-order valence-corrected chi connectivity index (χ0v) is 12.8. The molecule has 3 rings (SSSR count). The second-order valence-corrected chi connectivity index (χ2v) is 6.13. The van der Waals surface area contributed by atoms with Gasteiger partial charge in [-0.2, -0.15) is 11.3 Å². The van der Waals surface area contributed by atoms with Crippen LogP contribution in [-0.4, -0.2) is 5.91 Å². The maximum absolute atomic E-state index is 12.0. The molecule has 4 heteroatoms. The third-order valence-electron chi connectivity index (χ3n) is 2.94. The van der Waals surface area contributed by atoms with Crippen LogP contribution in [0.3, 0.4) is 0 Å². The summed E-state index contributed by atoms with van der Waals surface area (Å²) in [5.41, 5.74) is 2.92. The van der Waals surface area contributed by atoms with E-state index in [1.165, 1.54) is 0 Å². The van der Waals surface area contributed by atoms with Gasteiger partial charge >= 0.3 is 0 Å². The summed E-state index contributed by atoms with van der Waals surface area (Å²) in [6.07, 6.45) is 3.38. The fourth-order valence-electron chi connectivity index (χ4n) is 1.95. The molecule has 21 heavy (non-hydrogen) atoms. The number of carbonyl (C=O) groups is 1. The van der Waals surface area contributed by atoms with E-state index in [2.05, 4.69) is 11.4 Å². The number of carbonyl (C=O) groups excluding carboxylic acids is 1. The fraction of sp³-hybridized carbons (Fsp3) is 0. The molecule has 1 N–H and O–H groups in total. The number of thiophene rings is 2. The lowest BCUT2D eigenvalue weighted by molar-refractivity contribution is -0.111. The van der Waals surface area contributed by atoms with Crippen molar-refractivity contribution in [2.45, 2.75) is 0 Å². The fourth-order valence-corrected chi connectivity index (χ4v) is 3.35. The van der Waals surface area contributed by atoms with Crippen molar-refractivity contribution in [3.63, 3.8) is 0 Å². The van der Waals surface area contributed by atoms with Crippen molar-refractivity contribution in [1.82, 2.24) is 0 Å². The third kappa shape index (κ3) is 3.48. The Morgan fingerprint density at radius 3 is 2.71 bits per heavy atom. The van der Waals surface area contributed by atoms with Crippen LogP contribution in [0.4, 0.5) is 5.69 Å². The van der Waals surface area contributed by atoms with Gasteiger partial charge in [0, 0.05) is 22.2 Å². The lowest BCUT2D eigenvalue weighted by Crippen LogP contribution is -2.08. The maximum Gasteiger partial charge on any atom is 0.248 e. The molecule has 0 unspecified atom stereocenters. The van der Waals surface area contributed by atoms with Crippen molar-refractivity contribution < 1.29 is 4.79 Å². The Morgan fingerprint density at radius 1 is 1.05 bits per heavy atom. The van der Waals surface area contributed by atoms with Gasteiger partial charge in [-0.3, -0.25) is 4.79 Å². The normalized spacial score (nSPS) is 10.9.